The molecule has 0 aliphatic carbocycles. The van der Waals surface area contributed by atoms with Gasteiger partial charge in [0.25, 0.3) is 0 Å². The lowest BCUT2D eigenvalue weighted by atomic mass is 9.98. The summed E-state index contributed by atoms with van der Waals surface area (Å²) in [6.07, 6.45) is 2.68. The van der Waals surface area contributed by atoms with Crippen LogP contribution in [0.3, 0.4) is 0 Å². The second-order valence-corrected chi connectivity index (χ2v) is 7.01. The molecule has 0 spiro atoms. The predicted octanol–water partition coefficient (Wildman–Crippen LogP) is 4.01. The van der Waals surface area contributed by atoms with Crippen molar-refractivity contribution in [1.82, 2.24) is 4.90 Å². The van der Waals surface area contributed by atoms with Gasteiger partial charge in [-0.15, -0.1) is 12.4 Å². The van der Waals surface area contributed by atoms with Crippen LogP contribution in [0.5, 0.6) is 0 Å². The summed E-state index contributed by atoms with van der Waals surface area (Å²) in [5, 5.41) is 9.15. The molecular formula is C22H28ClNO3. The summed E-state index contributed by atoms with van der Waals surface area (Å²) in [6, 6.07) is 19.0. The normalized spacial score (nSPS) is 17.3. The summed E-state index contributed by atoms with van der Waals surface area (Å²) < 4.78 is 5.83. The van der Waals surface area contributed by atoms with Crippen LogP contribution in [-0.4, -0.2) is 42.2 Å². The quantitative estimate of drug-likeness (QED) is 0.693. The molecule has 1 aliphatic rings. The van der Waals surface area contributed by atoms with E-state index < -0.39 is 5.97 Å². The Morgan fingerprint density at radius 1 is 1.07 bits per heavy atom. The first-order valence-corrected chi connectivity index (χ1v) is 9.35. The molecule has 1 heterocycles. The highest BCUT2D eigenvalue weighted by Crippen LogP contribution is 2.16. The molecule has 1 N–H and O–H groups in total. The summed E-state index contributed by atoms with van der Waals surface area (Å²) >= 11 is 0. The van der Waals surface area contributed by atoms with Crippen molar-refractivity contribution < 1.29 is 14.6 Å². The highest BCUT2D eigenvalue weighted by Gasteiger charge is 2.24. The number of hydrogen-bond acceptors (Lipinski definition) is 3. The maximum absolute atomic E-state index is 11.1. The van der Waals surface area contributed by atoms with Crippen LogP contribution in [0.25, 0.3) is 0 Å². The molecule has 1 unspecified atom stereocenters. The Hall–Kier alpha value is -1.88. The van der Waals surface area contributed by atoms with E-state index in [4.69, 9.17) is 9.84 Å². The highest BCUT2D eigenvalue weighted by atomic mass is 35.5. The molecule has 1 atom stereocenters. The largest absolute Gasteiger partial charge is 0.481 e. The van der Waals surface area contributed by atoms with Crippen molar-refractivity contribution in [2.75, 3.05) is 26.2 Å². The average Bonchev–Trinajstić information content (AvgIpc) is 2.67. The van der Waals surface area contributed by atoms with Crippen molar-refractivity contribution in [3.8, 4) is 0 Å². The summed E-state index contributed by atoms with van der Waals surface area (Å²) in [6.45, 7) is 3.65. The van der Waals surface area contributed by atoms with E-state index in [2.05, 4.69) is 53.4 Å². The van der Waals surface area contributed by atoms with Crippen LogP contribution in [0.2, 0.25) is 0 Å². The molecule has 3 rings (SSSR count). The number of nitrogens with zero attached hydrogens (tertiary/aromatic N) is 1. The fourth-order valence-electron chi connectivity index (χ4n) is 3.50. The third-order valence-electron chi connectivity index (χ3n) is 4.92. The Morgan fingerprint density at radius 2 is 1.81 bits per heavy atom. The van der Waals surface area contributed by atoms with Gasteiger partial charge in [0.1, 0.15) is 0 Å². The molecule has 0 amide bonds. The third-order valence-corrected chi connectivity index (χ3v) is 4.92. The minimum Gasteiger partial charge on any atom is -0.481 e. The zero-order chi connectivity index (χ0) is 18.2. The Kier molecular flexibility index (Phi) is 8.79. The zero-order valence-electron chi connectivity index (χ0n) is 15.5. The van der Waals surface area contributed by atoms with E-state index in [1.54, 1.807) is 0 Å². The van der Waals surface area contributed by atoms with E-state index in [0.29, 0.717) is 19.8 Å². The highest BCUT2D eigenvalue weighted by molar-refractivity contribution is 5.85. The van der Waals surface area contributed by atoms with Gasteiger partial charge in [-0.1, -0.05) is 54.6 Å². The lowest BCUT2D eigenvalue weighted by Gasteiger charge is -2.30. The van der Waals surface area contributed by atoms with Crippen molar-refractivity contribution in [2.24, 2.45) is 5.92 Å². The molecule has 146 valence electrons. The molecule has 2 aromatic carbocycles. The minimum atomic E-state index is -0.675. The fourth-order valence-corrected chi connectivity index (χ4v) is 3.50. The van der Waals surface area contributed by atoms with Gasteiger partial charge in [0.15, 0.2) is 0 Å². The van der Waals surface area contributed by atoms with Crippen molar-refractivity contribution in [1.29, 1.82) is 0 Å². The number of hydrogen-bond donors (Lipinski definition) is 1. The minimum absolute atomic E-state index is 0. The number of carboxylic acids is 1. The Morgan fingerprint density at radius 3 is 2.59 bits per heavy atom. The van der Waals surface area contributed by atoms with Gasteiger partial charge in [0.2, 0.25) is 0 Å². The number of carbonyl (C=O) groups is 1. The van der Waals surface area contributed by atoms with Crippen molar-refractivity contribution >= 4 is 18.4 Å². The Labute approximate surface area is 167 Å². The third kappa shape index (κ3) is 6.98. The molecule has 1 saturated heterocycles. The van der Waals surface area contributed by atoms with Gasteiger partial charge in [0.05, 0.1) is 19.1 Å². The molecule has 4 nitrogen and oxygen atoms in total. The van der Waals surface area contributed by atoms with Gasteiger partial charge < -0.3 is 14.7 Å². The number of piperidine rings is 1. The van der Waals surface area contributed by atoms with Gasteiger partial charge >= 0.3 is 5.97 Å². The van der Waals surface area contributed by atoms with Crippen LogP contribution in [0.15, 0.2) is 54.6 Å². The second kappa shape index (κ2) is 11.1. The second-order valence-electron chi connectivity index (χ2n) is 7.01. The molecule has 0 aromatic heterocycles. The maximum atomic E-state index is 11.1. The number of likely N-dealkylation sites (tertiary alicyclic amines) is 1. The Balaban J connectivity index is 0.00000261. The van der Waals surface area contributed by atoms with Gasteiger partial charge in [-0.05, 0) is 42.5 Å². The zero-order valence-corrected chi connectivity index (χ0v) is 16.4. The lowest BCUT2D eigenvalue weighted by Crippen LogP contribution is -2.40. The van der Waals surface area contributed by atoms with E-state index in [9.17, 15) is 4.79 Å². The number of aliphatic carboxylic acids is 1. The van der Waals surface area contributed by atoms with Gasteiger partial charge in [-0.2, -0.15) is 0 Å². The molecule has 0 radical (unpaired) electrons. The summed E-state index contributed by atoms with van der Waals surface area (Å²) in [4.78, 5) is 13.3. The first-order chi connectivity index (χ1) is 12.7. The maximum Gasteiger partial charge on any atom is 0.307 e. The predicted molar refractivity (Wildman–Crippen MR) is 109 cm³/mol. The molecule has 1 aliphatic heterocycles. The number of ether oxygens (including phenoxy) is 1. The fraction of sp³-hybridized carbons (Fsp3) is 0.409. The van der Waals surface area contributed by atoms with Crippen molar-refractivity contribution in [2.45, 2.75) is 25.9 Å². The number of rotatable bonds is 8. The van der Waals surface area contributed by atoms with Gasteiger partial charge in [-0.3, -0.25) is 4.79 Å². The molecule has 2 aromatic rings. The van der Waals surface area contributed by atoms with Crippen LogP contribution in [0.4, 0.5) is 0 Å². The van der Waals surface area contributed by atoms with Crippen molar-refractivity contribution in [3.05, 3.63) is 71.3 Å². The van der Waals surface area contributed by atoms with Crippen LogP contribution in [0, 0.1) is 5.92 Å². The first kappa shape index (κ1) is 21.4. The van der Waals surface area contributed by atoms with Crippen LogP contribution >= 0.6 is 12.4 Å². The number of benzene rings is 2. The summed E-state index contributed by atoms with van der Waals surface area (Å²) in [7, 11) is 0. The number of carboxylic acid groups (broad SMARTS) is 1. The first-order valence-electron chi connectivity index (χ1n) is 9.35. The molecule has 0 saturated carbocycles. The van der Waals surface area contributed by atoms with Gasteiger partial charge in [0, 0.05) is 13.1 Å². The van der Waals surface area contributed by atoms with Crippen LogP contribution < -0.4 is 0 Å². The van der Waals surface area contributed by atoms with Gasteiger partial charge in [-0.25, -0.2) is 0 Å². The van der Waals surface area contributed by atoms with E-state index in [1.165, 1.54) is 16.7 Å². The number of halogens is 1. The summed E-state index contributed by atoms with van der Waals surface area (Å²) in [5.41, 5.74) is 3.78. The van der Waals surface area contributed by atoms with E-state index in [0.717, 1.165) is 32.4 Å². The standard InChI is InChI=1S/C22H27NO3.ClH/c24-22(25)21-10-5-11-23(16-21)12-13-26-17-20-9-4-8-19(15-20)14-18-6-2-1-3-7-18;/h1-4,6-9,15,21H,5,10-14,16-17H2,(H,24,25);1H. The van der Waals surface area contributed by atoms with E-state index >= 15 is 0 Å². The average molecular weight is 390 g/mol. The summed E-state index contributed by atoms with van der Waals surface area (Å²) in [5.74, 6) is -0.899. The van der Waals surface area contributed by atoms with Crippen molar-refractivity contribution in [3.63, 3.8) is 0 Å². The lowest BCUT2D eigenvalue weighted by molar-refractivity contribution is -0.143. The van der Waals surface area contributed by atoms with Crippen LogP contribution in [0.1, 0.15) is 29.5 Å². The molecular weight excluding hydrogens is 362 g/mol. The van der Waals surface area contributed by atoms with E-state index in [-0.39, 0.29) is 18.3 Å². The van der Waals surface area contributed by atoms with Crippen LogP contribution in [-0.2, 0) is 22.6 Å². The molecule has 1 fully saturated rings. The molecule has 5 heteroatoms. The molecule has 0 bridgehead atoms. The van der Waals surface area contributed by atoms with E-state index in [1.807, 2.05) is 6.07 Å². The Bertz CT molecular complexity index is 708. The smallest absolute Gasteiger partial charge is 0.307 e. The monoisotopic (exact) mass is 389 g/mol. The SMILES string of the molecule is Cl.O=C(O)C1CCCN(CCOCc2cccc(Cc3ccccc3)c2)C1. The topological polar surface area (TPSA) is 49.8 Å². The molecule has 27 heavy (non-hydrogen) atoms.